The van der Waals surface area contributed by atoms with Gasteiger partial charge >= 0.3 is 0 Å². The topological polar surface area (TPSA) is 29.0 Å². The fourth-order valence-electron chi connectivity index (χ4n) is 3.74. The van der Waals surface area contributed by atoms with E-state index < -0.39 is 0 Å². The summed E-state index contributed by atoms with van der Waals surface area (Å²) in [6.07, 6.45) is 5.58. The van der Waals surface area contributed by atoms with Crippen LogP contribution in [0.3, 0.4) is 0 Å². The molecule has 0 radical (unpaired) electrons. The summed E-state index contributed by atoms with van der Waals surface area (Å²) in [6.45, 7) is 2.64. The number of aromatic nitrogens is 2. The van der Waals surface area contributed by atoms with Gasteiger partial charge in [-0.05, 0) is 51.9 Å². The van der Waals surface area contributed by atoms with Crippen molar-refractivity contribution in [3.05, 3.63) is 95.0 Å². The molecule has 0 bridgehead atoms. The van der Waals surface area contributed by atoms with E-state index in [1.54, 1.807) is 0 Å². The molecule has 4 heteroatoms. The summed E-state index contributed by atoms with van der Waals surface area (Å²) in [5.74, 6) is 0. The van der Waals surface area contributed by atoms with E-state index in [2.05, 4.69) is 57.3 Å². The SMILES string of the molecule is Clc1cc(-c2ccc3cnccc3c2)ccc1CN1Cc2cccnc2C1. The summed E-state index contributed by atoms with van der Waals surface area (Å²) in [5, 5.41) is 3.14. The Morgan fingerprint density at radius 2 is 1.78 bits per heavy atom. The van der Waals surface area contributed by atoms with E-state index in [0.717, 1.165) is 41.2 Å². The van der Waals surface area contributed by atoms with Crippen LogP contribution in [0.15, 0.2) is 73.2 Å². The van der Waals surface area contributed by atoms with Crippen LogP contribution in [0.4, 0.5) is 0 Å². The van der Waals surface area contributed by atoms with Crippen molar-refractivity contribution >= 4 is 22.4 Å². The molecule has 2 aromatic heterocycles. The third kappa shape index (κ3) is 3.20. The van der Waals surface area contributed by atoms with Gasteiger partial charge in [-0.2, -0.15) is 0 Å². The number of benzene rings is 2. The minimum atomic E-state index is 0.811. The number of rotatable bonds is 3. The van der Waals surface area contributed by atoms with E-state index in [1.807, 2.05) is 30.7 Å². The summed E-state index contributed by atoms with van der Waals surface area (Å²) >= 11 is 6.63. The Balaban J connectivity index is 1.39. The fourth-order valence-corrected chi connectivity index (χ4v) is 3.98. The van der Waals surface area contributed by atoms with Crippen LogP contribution in [0.2, 0.25) is 5.02 Å². The lowest BCUT2D eigenvalue weighted by Gasteiger charge is -2.16. The van der Waals surface area contributed by atoms with E-state index in [4.69, 9.17) is 11.6 Å². The molecule has 0 fully saturated rings. The summed E-state index contributed by atoms with van der Waals surface area (Å²) < 4.78 is 0. The number of nitrogens with zero attached hydrogens (tertiary/aromatic N) is 3. The highest BCUT2D eigenvalue weighted by Crippen LogP contribution is 2.30. The first-order chi connectivity index (χ1) is 13.3. The normalized spacial score (nSPS) is 13.8. The molecule has 2 aromatic carbocycles. The Bertz CT molecular complexity index is 1110. The van der Waals surface area contributed by atoms with Gasteiger partial charge in [-0.3, -0.25) is 14.9 Å². The lowest BCUT2D eigenvalue weighted by molar-refractivity contribution is 0.274. The molecule has 4 aromatic rings. The number of halogens is 1. The zero-order chi connectivity index (χ0) is 18.2. The third-order valence-electron chi connectivity index (χ3n) is 5.17. The summed E-state index contributed by atoms with van der Waals surface area (Å²) in [6, 6.07) is 19.0. The summed E-state index contributed by atoms with van der Waals surface area (Å²) in [4.78, 5) is 11.0. The Labute approximate surface area is 163 Å². The van der Waals surface area contributed by atoms with Crippen molar-refractivity contribution in [3.8, 4) is 11.1 Å². The van der Waals surface area contributed by atoms with E-state index >= 15 is 0 Å². The highest BCUT2D eigenvalue weighted by molar-refractivity contribution is 6.31. The van der Waals surface area contributed by atoms with Crippen LogP contribution in [0.25, 0.3) is 21.9 Å². The molecule has 0 unspecified atom stereocenters. The Morgan fingerprint density at radius 3 is 2.67 bits per heavy atom. The van der Waals surface area contributed by atoms with Crippen LogP contribution in [0.1, 0.15) is 16.8 Å². The van der Waals surface area contributed by atoms with Crippen LogP contribution in [0.5, 0.6) is 0 Å². The Kier molecular flexibility index (Phi) is 4.12. The quantitative estimate of drug-likeness (QED) is 0.478. The lowest BCUT2D eigenvalue weighted by atomic mass is 10.0. The molecule has 1 aliphatic rings. The van der Waals surface area contributed by atoms with Gasteiger partial charge in [0.1, 0.15) is 0 Å². The molecule has 1 aliphatic heterocycles. The van der Waals surface area contributed by atoms with Crippen molar-refractivity contribution in [1.82, 2.24) is 14.9 Å². The number of hydrogen-bond acceptors (Lipinski definition) is 3. The van der Waals surface area contributed by atoms with Crippen molar-refractivity contribution in [2.45, 2.75) is 19.6 Å². The predicted molar refractivity (Wildman–Crippen MR) is 109 cm³/mol. The number of fused-ring (bicyclic) bond motifs is 2. The van der Waals surface area contributed by atoms with Gasteiger partial charge < -0.3 is 0 Å². The van der Waals surface area contributed by atoms with Crippen molar-refractivity contribution in [3.63, 3.8) is 0 Å². The predicted octanol–water partition coefficient (Wildman–Crippen LogP) is 5.47. The van der Waals surface area contributed by atoms with Crippen LogP contribution in [0, 0.1) is 0 Å². The molecule has 0 saturated carbocycles. The smallest absolute Gasteiger partial charge is 0.0589 e. The molecule has 132 valence electrons. The second kappa shape index (κ2) is 6.76. The third-order valence-corrected chi connectivity index (χ3v) is 5.52. The zero-order valence-electron chi connectivity index (χ0n) is 14.8. The first-order valence-electron chi connectivity index (χ1n) is 9.04. The molecule has 0 aliphatic carbocycles. The average molecular weight is 372 g/mol. The van der Waals surface area contributed by atoms with Crippen molar-refractivity contribution in [1.29, 1.82) is 0 Å². The summed E-state index contributed by atoms with van der Waals surface area (Å²) in [5.41, 5.74) is 5.94. The molecule has 0 spiro atoms. The van der Waals surface area contributed by atoms with Crippen molar-refractivity contribution < 1.29 is 0 Å². The molecule has 27 heavy (non-hydrogen) atoms. The van der Waals surface area contributed by atoms with Gasteiger partial charge in [0.05, 0.1) is 5.69 Å². The van der Waals surface area contributed by atoms with E-state index in [9.17, 15) is 0 Å². The van der Waals surface area contributed by atoms with Crippen LogP contribution >= 0.6 is 11.6 Å². The lowest BCUT2D eigenvalue weighted by Crippen LogP contribution is -2.16. The van der Waals surface area contributed by atoms with E-state index in [1.165, 1.54) is 22.2 Å². The van der Waals surface area contributed by atoms with Crippen LogP contribution in [-0.2, 0) is 19.6 Å². The second-order valence-corrected chi connectivity index (χ2v) is 7.41. The molecule has 5 rings (SSSR count). The van der Waals surface area contributed by atoms with E-state index in [-0.39, 0.29) is 0 Å². The van der Waals surface area contributed by atoms with Gasteiger partial charge in [0.2, 0.25) is 0 Å². The molecule has 0 saturated heterocycles. The first kappa shape index (κ1) is 16.4. The maximum Gasteiger partial charge on any atom is 0.0589 e. The standard InChI is InChI=1S/C23H18ClN3/c24-22-11-17(16-3-5-19-12-25-9-7-18(19)10-16)4-6-20(22)13-27-14-21-2-1-8-26-23(21)15-27/h1-12H,13-15H2. The second-order valence-electron chi connectivity index (χ2n) is 7.00. The van der Waals surface area contributed by atoms with Gasteiger partial charge in [-0.25, -0.2) is 0 Å². The minimum Gasteiger partial charge on any atom is -0.289 e. The largest absolute Gasteiger partial charge is 0.289 e. The highest BCUT2D eigenvalue weighted by Gasteiger charge is 2.20. The van der Waals surface area contributed by atoms with Gasteiger partial charge in [0.15, 0.2) is 0 Å². The Morgan fingerprint density at radius 1 is 0.889 bits per heavy atom. The molecular formula is C23H18ClN3. The van der Waals surface area contributed by atoms with Gasteiger partial charge in [0, 0.05) is 48.6 Å². The molecule has 3 heterocycles. The van der Waals surface area contributed by atoms with Crippen LogP contribution in [-0.4, -0.2) is 14.9 Å². The van der Waals surface area contributed by atoms with Crippen LogP contribution < -0.4 is 0 Å². The van der Waals surface area contributed by atoms with E-state index in [0.29, 0.717) is 0 Å². The maximum atomic E-state index is 6.63. The van der Waals surface area contributed by atoms with Gasteiger partial charge in [-0.15, -0.1) is 0 Å². The van der Waals surface area contributed by atoms with Gasteiger partial charge in [0.25, 0.3) is 0 Å². The monoisotopic (exact) mass is 371 g/mol. The van der Waals surface area contributed by atoms with Gasteiger partial charge in [-0.1, -0.05) is 41.9 Å². The highest BCUT2D eigenvalue weighted by atomic mass is 35.5. The molecule has 0 atom stereocenters. The summed E-state index contributed by atoms with van der Waals surface area (Å²) in [7, 11) is 0. The number of pyridine rings is 2. The average Bonchev–Trinajstić information content (AvgIpc) is 3.11. The molecular weight excluding hydrogens is 354 g/mol. The first-order valence-corrected chi connectivity index (χ1v) is 9.42. The molecule has 0 amide bonds. The Hall–Kier alpha value is -2.75. The zero-order valence-corrected chi connectivity index (χ0v) is 15.5. The van der Waals surface area contributed by atoms with Crippen molar-refractivity contribution in [2.24, 2.45) is 0 Å². The maximum absolute atomic E-state index is 6.63. The fraction of sp³-hybridized carbons (Fsp3) is 0.130. The minimum absolute atomic E-state index is 0.811. The van der Waals surface area contributed by atoms with Crippen molar-refractivity contribution in [2.75, 3.05) is 0 Å². The number of hydrogen-bond donors (Lipinski definition) is 0. The molecule has 0 N–H and O–H groups in total. The molecule has 3 nitrogen and oxygen atoms in total.